The van der Waals surface area contributed by atoms with Crippen molar-refractivity contribution in [3.8, 4) is 0 Å². The minimum atomic E-state index is -0.209. The summed E-state index contributed by atoms with van der Waals surface area (Å²) in [5.74, 6) is 0.0983. The summed E-state index contributed by atoms with van der Waals surface area (Å²) in [7, 11) is 0. The van der Waals surface area contributed by atoms with Crippen LogP contribution in [0.25, 0.3) is 0 Å². The summed E-state index contributed by atoms with van der Waals surface area (Å²) in [5.41, 5.74) is 0.656. The molecule has 2 unspecified atom stereocenters. The van der Waals surface area contributed by atoms with Gasteiger partial charge in [0.2, 0.25) is 0 Å². The van der Waals surface area contributed by atoms with E-state index in [1.165, 1.54) is 0 Å². The third-order valence-electron chi connectivity index (χ3n) is 3.09. The lowest BCUT2D eigenvalue weighted by Gasteiger charge is -2.31. The number of ether oxygens (including phenoxy) is 1. The lowest BCUT2D eigenvalue weighted by molar-refractivity contribution is 0.00234. The molecule has 0 aromatic heterocycles. The molecule has 0 aliphatic heterocycles. The van der Waals surface area contributed by atoms with Crippen LogP contribution in [0.4, 0.5) is 4.39 Å². The first-order chi connectivity index (χ1) is 9.02. The second kappa shape index (κ2) is 7.98. The first-order valence-electron chi connectivity index (χ1n) is 6.81. The van der Waals surface area contributed by atoms with Crippen LogP contribution in [0.1, 0.15) is 39.3 Å². The SMILES string of the molecule is CCNC(c1cccc(Br)c1F)C(OCC)C(C)C. The lowest BCUT2D eigenvalue weighted by Crippen LogP contribution is -2.37. The summed E-state index contributed by atoms with van der Waals surface area (Å²) >= 11 is 3.25. The zero-order valence-corrected chi connectivity index (χ0v) is 13.6. The first-order valence-corrected chi connectivity index (χ1v) is 7.61. The second-order valence-electron chi connectivity index (χ2n) is 4.84. The highest BCUT2D eigenvalue weighted by atomic mass is 79.9. The molecule has 2 atom stereocenters. The molecule has 0 bridgehead atoms. The van der Waals surface area contributed by atoms with E-state index in [1.807, 2.05) is 26.0 Å². The maximum atomic E-state index is 14.3. The average Bonchev–Trinajstić information content (AvgIpc) is 2.37. The van der Waals surface area contributed by atoms with E-state index in [1.54, 1.807) is 6.07 Å². The molecule has 0 aliphatic rings. The van der Waals surface area contributed by atoms with Gasteiger partial charge in [-0.05, 0) is 41.4 Å². The number of nitrogens with one attached hydrogen (secondary N) is 1. The number of benzene rings is 1. The Morgan fingerprint density at radius 3 is 2.53 bits per heavy atom. The van der Waals surface area contributed by atoms with E-state index in [-0.39, 0.29) is 18.0 Å². The van der Waals surface area contributed by atoms with Crippen LogP contribution >= 0.6 is 15.9 Å². The zero-order chi connectivity index (χ0) is 14.4. The molecule has 19 heavy (non-hydrogen) atoms. The van der Waals surface area contributed by atoms with Gasteiger partial charge in [-0.1, -0.05) is 32.9 Å². The van der Waals surface area contributed by atoms with Crippen LogP contribution in [-0.4, -0.2) is 19.3 Å². The Labute approximate surface area is 123 Å². The fraction of sp³-hybridized carbons (Fsp3) is 0.600. The van der Waals surface area contributed by atoms with Gasteiger partial charge in [0.1, 0.15) is 5.82 Å². The summed E-state index contributed by atoms with van der Waals surface area (Å²) in [6.07, 6.45) is -0.0475. The van der Waals surface area contributed by atoms with Gasteiger partial charge in [-0.3, -0.25) is 0 Å². The van der Waals surface area contributed by atoms with Crippen LogP contribution in [0.3, 0.4) is 0 Å². The fourth-order valence-electron chi connectivity index (χ4n) is 2.25. The molecular formula is C15H23BrFNO. The van der Waals surface area contributed by atoms with Gasteiger partial charge in [0.25, 0.3) is 0 Å². The van der Waals surface area contributed by atoms with Gasteiger partial charge in [-0.25, -0.2) is 4.39 Å². The van der Waals surface area contributed by atoms with Crippen LogP contribution < -0.4 is 5.32 Å². The van der Waals surface area contributed by atoms with E-state index in [2.05, 4.69) is 35.1 Å². The Morgan fingerprint density at radius 2 is 2.00 bits per heavy atom. The van der Waals surface area contributed by atoms with Gasteiger partial charge in [0, 0.05) is 12.2 Å². The molecular weight excluding hydrogens is 309 g/mol. The van der Waals surface area contributed by atoms with E-state index in [4.69, 9.17) is 4.74 Å². The van der Waals surface area contributed by atoms with Crippen molar-refractivity contribution in [3.05, 3.63) is 34.1 Å². The Hall–Kier alpha value is -0.450. The number of halogens is 2. The van der Waals surface area contributed by atoms with Crippen LogP contribution in [0.5, 0.6) is 0 Å². The van der Waals surface area contributed by atoms with Crippen molar-refractivity contribution in [2.75, 3.05) is 13.2 Å². The van der Waals surface area contributed by atoms with Gasteiger partial charge in [-0.15, -0.1) is 0 Å². The van der Waals surface area contributed by atoms with Gasteiger partial charge >= 0.3 is 0 Å². The highest BCUT2D eigenvalue weighted by molar-refractivity contribution is 9.10. The number of likely N-dealkylation sites (N-methyl/N-ethyl adjacent to an activating group) is 1. The number of hydrogen-bond donors (Lipinski definition) is 1. The van der Waals surface area contributed by atoms with Crippen LogP contribution in [0.15, 0.2) is 22.7 Å². The summed E-state index contributed by atoms with van der Waals surface area (Å²) < 4.78 is 20.6. The van der Waals surface area contributed by atoms with Crippen molar-refractivity contribution in [2.45, 2.75) is 39.8 Å². The molecule has 0 fully saturated rings. The Balaban J connectivity index is 3.14. The fourth-order valence-corrected chi connectivity index (χ4v) is 2.63. The summed E-state index contributed by atoms with van der Waals surface area (Å²) in [6.45, 7) is 9.58. The minimum absolute atomic E-state index is 0.0475. The third-order valence-corrected chi connectivity index (χ3v) is 3.70. The highest BCUT2D eigenvalue weighted by Gasteiger charge is 2.28. The smallest absolute Gasteiger partial charge is 0.142 e. The molecule has 2 nitrogen and oxygen atoms in total. The molecule has 1 aromatic rings. The van der Waals surface area contributed by atoms with Gasteiger partial charge in [0.15, 0.2) is 0 Å². The van der Waals surface area contributed by atoms with Crippen molar-refractivity contribution >= 4 is 15.9 Å². The standard InChI is InChI=1S/C15H23BrFNO/c1-5-18-14(15(10(3)4)19-6-2)11-8-7-9-12(16)13(11)17/h7-10,14-15,18H,5-6H2,1-4H3. The summed E-state index contributed by atoms with van der Waals surface area (Å²) in [4.78, 5) is 0. The van der Waals surface area contributed by atoms with Crippen molar-refractivity contribution < 1.29 is 9.13 Å². The molecule has 1 aromatic carbocycles. The molecule has 0 radical (unpaired) electrons. The zero-order valence-electron chi connectivity index (χ0n) is 12.0. The van der Waals surface area contributed by atoms with E-state index < -0.39 is 0 Å². The largest absolute Gasteiger partial charge is 0.376 e. The monoisotopic (exact) mass is 331 g/mol. The van der Waals surface area contributed by atoms with Crippen LogP contribution in [0, 0.1) is 11.7 Å². The third kappa shape index (κ3) is 4.26. The summed E-state index contributed by atoms with van der Waals surface area (Å²) in [5, 5.41) is 3.35. The van der Waals surface area contributed by atoms with E-state index in [9.17, 15) is 4.39 Å². The van der Waals surface area contributed by atoms with Crippen molar-refractivity contribution in [3.63, 3.8) is 0 Å². The van der Waals surface area contributed by atoms with Crippen molar-refractivity contribution in [1.29, 1.82) is 0 Å². The van der Waals surface area contributed by atoms with Crippen LogP contribution in [0.2, 0.25) is 0 Å². The Bertz CT molecular complexity index is 398. The van der Waals surface area contributed by atoms with E-state index in [0.717, 1.165) is 6.54 Å². The van der Waals surface area contributed by atoms with E-state index >= 15 is 0 Å². The maximum Gasteiger partial charge on any atom is 0.142 e. The van der Waals surface area contributed by atoms with Crippen molar-refractivity contribution in [1.82, 2.24) is 5.32 Å². The van der Waals surface area contributed by atoms with Gasteiger partial charge in [0.05, 0.1) is 16.6 Å². The Kier molecular flexibility index (Phi) is 6.97. The topological polar surface area (TPSA) is 21.3 Å². The first kappa shape index (κ1) is 16.6. The molecule has 0 aliphatic carbocycles. The molecule has 0 amide bonds. The Morgan fingerprint density at radius 1 is 1.32 bits per heavy atom. The molecule has 0 spiro atoms. The normalized spacial score (nSPS) is 14.7. The van der Waals surface area contributed by atoms with Gasteiger partial charge < -0.3 is 10.1 Å². The van der Waals surface area contributed by atoms with Crippen molar-refractivity contribution in [2.24, 2.45) is 5.92 Å². The van der Waals surface area contributed by atoms with Crippen LogP contribution in [-0.2, 0) is 4.74 Å². The number of hydrogen-bond acceptors (Lipinski definition) is 2. The molecule has 0 saturated carbocycles. The van der Waals surface area contributed by atoms with E-state index in [0.29, 0.717) is 22.6 Å². The maximum absolute atomic E-state index is 14.3. The molecule has 4 heteroatoms. The van der Waals surface area contributed by atoms with Gasteiger partial charge in [-0.2, -0.15) is 0 Å². The summed E-state index contributed by atoms with van der Waals surface area (Å²) in [6, 6.07) is 5.26. The quantitative estimate of drug-likeness (QED) is 0.804. The minimum Gasteiger partial charge on any atom is -0.376 e. The molecule has 0 saturated heterocycles. The second-order valence-corrected chi connectivity index (χ2v) is 5.70. The predicted octanol–water partition coefficient (Wildman–Crippen LogP) is 4.30. The predicted molar refractivity (Wildman–Crippen MR) is 80.8 cm³/mol. The number of rotatable bonds is 7. The highest BCUT2D eigenvalue weighted by Crippen LogP contribution is 2.29. The lowest BCUT2D eigenvalue weighted by atomic mass is 9.93. The molecule has 1 N–H and O–H groups in total. The molecule has 108 valence electrons. The average molecular weight is 332 g/mol. The molecule has 0 heterocycles. The molecule has 1 rings (SSSR count).